The standard InChI is InChI=1S/C31H35N5O6/c1-7-41-26(37)17-21-13-14-23(40-6)18-25(21)35(5)29(38)27-24-12-9-15-36(24)34-28(33-27)22-11-8-10-20(16-22)19-32-30(39)42-31(2,3)4/h8-16,18H,7,17,19H2,1-6H3,(H,32,39). The summed E-state index contributed by atoms with van der Waals surface area (Å²) in [5, 5.41) is 7.36. The number of alkyl carbamates (subject to hydrolysis) is 1. The normalized spacial score (nSPS) is 11.2. The number of aromatic nitrogens is 3. The molecule has 0 saturated carbocycles. The minimum Gasteiger partial charge on any atom is -0.497 e. The van der Waals surface area contributed by atoms with Gasteiger partial charge in [0.05, 0.1) is 31.3 Å². The number of amides is 2. The highest BCUT2D eigenvalue weighted by atomic mass is 16.6. The van der Waals surface area contributed by atoms with Gasteiger partial charge in [0.15, 0.2) is 11.5 Å². The summed E-state index contributed by atoms with van der Waals surface area (Å²) in [6.07, 6.45) is 1.21. The van der Waals surface area contributed by atoms with Crippen LogP contribution in [0.5, 0.6) is 5.75 Å². The van der Waals surface area contributed by atoms with Crippen molar-refractivity contribution in [2.45, 2.75) is 46.3 Å². The molecule has 2 aromatic carbocycles. The smallest absolute Gasteiger partial charge is 0.407 e. The zero-order chi connectivity index (χ0) is 30.4. The second-order valence-electron chi connectivity index (χ2n) is 10.5. The van der Waals surface area contributed by atoms with E-state index < -0.39 is 23.6 Å². The van der Waals surface area contributed by atoms with Gasteiger partial charge in [0.1, 0.15) is 11.4 Å². The van der Waals surface area contributed by atoms with Gasteiger partial charge in [-0.1, -0.05) is 24.3 Å². The zero-order valence-electron chi connectivity index (χ0n) is 24.6. The van der Waals surface area contributed by atoms with Crippen LogP contribution in [-0.2, 0) is 27.2 Å². The molecular weight excluding hydrogens is 538 g/mol. The Hall–Kier alpha value is -4.93. The summed E-state index contributed by atoms with van der Waals surface area (Å²) < 4.78 is 17.4. The third-order valence-corrected chi connectivity index (χ3v) is 6.21. The van der Waals surface area contributed by atoms with Gasteiger partial charge >= 0.3 is 12.1 Å². The minimum atomic E-state index is -0.605. The molecule has 0 fully saturated rings. The molecule has 0 saturated heterocycles. The van der Waals surface area contributed by atoms with Crippen LogP contribution in [0.2, 0.25) is 0 Å². The molecule has 0 aliphatic carbocycles. The fourth-order valence-corrected chi connectivity index (χ4v) is 4.29. The lowest BCUT2D eigenvalue weighted by Gasteiger charge is -2.22. The molecule has 0 spiro atoms. The molecule has 2 heterocycles. The molecule has 4 aromatic rings. The lowest BCUT2D eigenvalue weighted by atomic mass is 10.1. The van der Waals surface area contributed by atoms with Crippen molar-refractivity contribution < 1.29 is 28.6 Å². The van der Waals surface area contributed by atoms with Crippen molar-refractivity contribution in [2.75, 3.05) is 25.7 Å². The fourth-order valence-electron chi connectivity index (χ4n) is 4.29. The molecule has 0 aliphatic heterocycles. The van der Waals surface area contributed by atoms with E-state index in [0.29, 0.717) is 33.9 Å². The largest absolute Gasteiger partial charge is 0.497 e. The van der Waals surface area contributed by atoms with E-state index in [1.807, 2.05) is 24.3 Å². The van der Waals surface area contributed by atoms with E-state index in [1.54, 1.807) is 75.8 Å². The molecule has 2 amide bonds. The Morgan fingerprint density at radius 2 is 1.83 bits per heavy atom. The number of ether oxygens (including phenoxy) is 3. The summed E-state index contributed by atoms with van der Waals surface area (Å²) >= 11 is 0. The SMILES string of the molecule is CCOC(=O)Cc1ccc(OC)cc1N(C)C(=O)c1nc(-c2cccc(CNC(=O)OC(C)(C)C)c2)nn2cccc12. The Bertz CT molecular complexity index is 1610. The number of benzene rings is 2. The third kappa shape index (κ3) is 7.22. The van der Waals surface area contributed by atoms with Crippen molar-refractivity contribution in [1.29, 1.82) is 0 Å². The summed E-state index contributed by atoms with van der Waals surface area (Å²) in [4.78, 5) is 44.5. The molecule has 0 atom stereocenters. The lowest BCUT2D eigenvalue weighted by molar-refractivity contribution is -0.142. The highest BCUT2D eigenvalue weighted by Gasteiger charge is 2.24. The Kier molecular flexibility index (Phi) is 9.09. The quantitative estimate of drug-likeness (QED) is 0.283. The van der Waals surface area contributed by atoms with E-state index in [0.717, 1.165) is 5.56 Å². The van der Waals surface area contributed by atoms with Crippen molar-refractivity contribution in [3.63, 3.8) is 0 Å². The van der Waals surface area contributed by atoms with Crippen molar-refractivity contribution in [2.24, 2.45) is 0 Å². The fraction of sp³-hybridized carbons (Fsp3) is 0.323. The summed E-state index contributed by atoms with van der Waals surface area (Å²) in [6, 6.07) is 16.1. The minimum absolute atomic E-state index is 0.00945. The molecule has 220 valence electrons. The van der Waals surface area contributed by atoms with E-state index in [2.05, 4.69) is 15.4 Å². The first-order chi connectivity index (χ1) is 20.0. The number of esters is 1. The van der Waals surface area contributed by atoms with Gasteiger partial charge in [-0.25, -0.2) is 14.3 Å². The lowest BCUT2D eigenvalue weighted by Crippen LogP contribution is -2.32. The number of nitrogens with zero attached hydrogens (tertiary/aromatic N) is 4. The van der Waals surface area contributed by atoms with Gasteiger partial charge in [0.25, 0.3) is 5.91 Å². The van der Waals surface area contributed by atoms with Gasteiger partial charge in [-0.05, 0) is 63.1 Å². The number of hydrogen-bond acceptors (Lipinski definition) is 8. The van der Waals surface area contributed by atoms with Crippen LogP contribution >= 0.6 is 0 Å². The molecule has 0 aliphatic rings. The number of rotatable bonds is 9. The summed E-state index contributed by atoms with van der Waals surface area (Å²) in [7, 11) is 3.15. The van der Waals surface area contributed by atoms with Crippen LogP contribution in [0.4, 0.5) is 10.5 Å². The summed E-state index contributed by atoms with van der Waals surface area (Å²) in [5.74, 6) is 0.0600. The van der Waals surface area contributed by atoms with Crippen molar-refractivity contribution in [3.05, 3.63) is 77.6 Å². The molecule has 1 N–H and O–H groups in total. The number of carbonyl (C=O) groups is 3. The summed E-state index contributed by atoms with van der Waals surface area (Å²) in [6.45, 7) is 7.63. The molecular formula is C31H35N5O6. The first-order valence-corrected chi connectivity index (χ1v) is 13.5. The van der Waals surface area contributed by atoms with Gasteiger partial charge < -0.3 is 24.4 Å². The first-order valence-electron chi connectivity index (χ1n) is 13.5. The number of nitrogens with one attached hydrogen (secondary N) is 1. The Morgan fingerprint density at radius 3 is 2.55 bits per heavy atom. The molecule has 2 aromatic heterocycles. The Balaban J connectivity index is 1.66. The molecule has 42 heavy (non-hydrogen) atoms. The van der Waals surface area contributed by atoms with E-state index >= 15 is 0 Å². The maximum Gasteiger partial charge on any atom is 0.407 e. The van der Waals surface area contributed by atoms with E-state index in [1.165, 1.54) is 12.0 Å². The van der Waals surface area contributed by atoms with Crippen LogP contribution in [0, 0.1) is 0 Å². The molecule has 0 radical (unpaired) electrons. The topological polar surface area (TPSA) is 124 Å². The molecule has 0 bridgehead atoms. The Morgan fingerprint density at radius 1 is 1.05 bits per heavy atom. The third-order valence-electron chi connectivity index (χ3n) is 6.21. The zero-order valence-corrected chi connectivity index (χ0v) is 24.6. The second-order valence-corrected chi connectivity index (χ2v) is 10.5. The average molecular weight is 574 g/mol. The van der Waals surface area contributed by atoms with Crippen LogP contribution in [-0.4, -0.2) is 58.9 Å². The molecule has 11 heteroatoms. The summed E-state index contributed by atoms with van der Waals surface area (Å²) in [5.41, 5.74) is 2.66. The molecule has 0 unspecified atom stereocenters. The van der Waals surface area contributed by atoms with Crippen LogP contribution in [0.25, 0.3) is 16.9 Å². The highest BCUT2D eigenvalue weighted by molar-refractivity contribution is 6.09. The Labute approximate surface area is 244 Å². The highest BCUT2D eigenvalue weighted by Crippen LogP contribution is 2.28. The maximum absolute atomic E-state index is 14.0. The van der Waals surface area contributed by atoms with Gasteiger partial charge in [0, 0.05) is 31.4 Å². The van der Waals surface area contributed by atoms with Gasteiger partial charge in [-0.3, -0.25) is 9.59 Å². The predicted molar refractivity (Wildman–Crippen MR) is 158 cm³/mol. The van der Waals surface area contributed by atoms with E-state index in [9.17, 15) is 14.4 Å². The van der Waals surface area contributed by atoms with Crippen LogP contribution in [0.3, 0.4) is 0 Å². The van der Waals surface area contributed by atoms with Crippen LogP contribution in [0.1, 0.15) is 49.3 Å². The monoisotopic (exact) mass is 573 g/mol. The average Bonchev–Trinajstić information content (AvgIpc) is 3.43. The van der Waals surface area contributed by atoms with Crippen molar-refractivity contribution in [1.82, 2.24) is 19.9 Å². The maximum atomic E-state index is 14.0. The van der Waals surface area contributed by atoms with Crippen LogP contribution < -0.4 is 15.0 Å². The van der Waals surface area contributed by atoms with Crippen molar-refractivity contribution >= 4 is 29.2 Å². The first kappa shape index (κ1) is 30.0. The van der Waals surface area contributed by atoms with E-state index in [-0.39, 0.29) is 25.3 Å². The number of anilines is 1. The second kappa shape index (κ2) is 12.7. The molecule has 11 nitrogen and oxygen atoms in total. The van der Waals surface area contributed by atoms with Gasteiger partial charge in [0.2, 0.25) is 0 Å². The van der Waals surface area contributed by atoms with E-state index in [4.69, 9.17) is 14.2 Å². The van der Waals surface area contributed by atoms with Crippen LogP contribution in [0.15, 0.2) is 60.8 Å². The van der Waals surface area contributed by atoms with Crippen molar-refractivity contribution in [3.8, 4) is 17.1 Å². The van der Waals surface area contributed by atoms with Gasteiger partial charge in [-0.2, -0.15) is 0 Å². The number of hydrogen-bond donors (Lipinski definition) is 1. The predicted octanol–water partition coefficient (Wildman–Crippen LogP) is 4.81. The number of carbonyl (C=O) groups excluding carboxylic acids is 3. The number of methoxy groups -OCH3 is 1. The number of fused-ring (bicyclic) bond motifs is 1. The molecule has 4 rings (SSSR count). The van der Waals surface area contributed by atoms with Gasteiger partial charge in [-0.15, -0.1) is 5.10 Å².